The van der Waals surface area contributed by atoms with Crippen molar-refractivity contribution in [3.05, 3.63) is 95.6 Å². The molecule has 110 valence electrons. The van der Waals surface area contributed by atoms with Gasteiger partial charge in [-0.15, -0.1) is 0 Å². The maximum absolute atomic E-state index is 6.33. The van der Waals surface area contributed by atoms with Crippen LogP contribution in [0.3, 0.4) is 0 Å². The van der Waals surface area contributed by atoms with Crippen molar-refractivity contribution >= 4 is 0 Å². The van der Waals surface area contributed by atoms with Crippen LogP contribution in [0.5, 0.6) is 0 Å². The number of hydrogen-bond acceptors (Lipinski definition) is 2. The highest BCUT2D eigenvalue weighted by molar-refractivity contribution is 5.64. The molecule has 0 heterocycles. The van der Waals surface area contributed by atoms with Crippen molar-refractivity contribution in [1.82, 2.24) is 0 Å². The van der Waals surface area contributed by atoms with Crippen molar-refractivity contribution in [2.75, 3.05) is 0 Å². The molecule has 0 spiro atoms. The van der Waals surface area contributed by atoms with E-state index in [0.29, 0.717) is 6.54 Å². The first-order chi connectivity index (χ1) is 10.8. The quantitative estimate of drug-likeness (QED) is 0.766. The summed E-state index contributed by atoms with van der Waals surface area (Å²) in [6, 6.07) is 26.8. The summed E-state index contributed by atoms with van der Waals surface area (Å²) < 4.78 is 0. The molecule has 0 aliphatic heterocycles. The monoisotopic (exact) mass is 288 g/mol. The van der Waals surface area contributed by atoms with Crippen molar-refractivity contribution < 1.29 is 0 Å². The molecule has 2 nitrogen and oxygen atoms in total. The summed E-state index contributed by atoms with van der Waals surface area (Å²) in [6.07, 6.45) is 0. The van der Waals surface area contributed by atoms with Crippen molar-refractivity contribution in [3.8, 4) is 11.1 Å². The molecular weight excluding hydrogens is 268 g/mol. The van der Waals surface area contributed by atoms with E-state index in [9.17, 15) is 0 Å². The van der Waals surface area contributed by atoms with Crippen molar-refractivity contribution in [3.63, 3.8) is 0 Å². The molecule has 0 aromatic heterocycles. The van der Waals surface area contributed by atoms with Crippen LogP contribution >= 0.6 is 0 Å². The first-order valence-corrected chi connectivity index (χ1v) is 7.48. The lowest BCUT2D eigenvalue weighted by Crippen LogP contribution is -2.11. The van der Waals surface area contributed by atoms with Gasteiger partial charge < -0.3 is 11.5 Å². The molecule has 22 heavy (non-hydrogen) atoms. The second-order valence-electron chi connectivity index (χ2n) is 5.41. The smallest absolute Gasteiger partial charge is 0.0551 e. The number of hydrogen-bond donors (Lipinski definition) is 2. The third-order valence-corrected chi connectivity index (χ3v) is 3.92. The first-order valence-electron chi connectivity index (χ1n) is 7.48. The van der Waals surface area contributed by atoms with Crippen LogP contribution in [0.1, 0.15) is 22.7 Å². The maximum Gasteiger partial charge on any atom is 0.0551 e. The van der Waals surface area contributed by atoms with E-state index in [-0.39, 0.29) is 6.04 Å². The Hall–Kier alpha value is -2.42. The standard InChI is InChI=1S/C20H20N2/c21-14-15-5-4-8-19(13-15)16-9-11-18(12-10-16)20(22)17-6-2-1-3-7-17/h1-13,20H,14,21-22H2. The van der Waals surface area contributed by atoms with Gasteiger partial charge in [0, 0.05) is 6.54 Å². The Morgan fingerprint density at radius 2 is 1.36 bits per heavy atom. The fourth-order valence-corrected chi connectivity index (χ4v) is 2.61. The molecule has 3 rings (SSSR count). The topological polar surface area (TPSA) is 52.0 Å². The molecule has 0 aliphatic carbocycles. The molecule has 0 saturated carbocycles. The summed E-state index contributed by atoms with van der Waals surface area (Å²) in [5, 5.41) is 0. The van der Waals surface area contributed by atoms with Crippen molar-refractivity contribution in [2.24, 2.45) is 11.5 Å². The van der Waals surface area contributed by atoms with Gasteiger partial charge in [0.15, 0.2) is 0 Å². The van der Waals surface area contributed by atoms with Gasteiger partial charge in [-0.25, -0.2) is 0 Å². The molecule has 0 amide bonds. The minimum atomic E-state index is -0.0920. The second kappa shape index (κ2) is 6.56. The summed E-state index contributed by atoms with van der Waals surface area (Å²) in [5.74, 6) is 0. The molecule has 4 N–H and O–H groups in total. The summed E-state index contributed by atoms with van der Waals surface area (Å²) in [6.45, 7) is 0.560. The van der Waals surface area contributed by atoms with Gasteiger partial charge in [-0.1, -0.05) is 72.8 Å². The lowest BCUT2D eigenvalue weighted by Gasteiger charge is -2.13. The van der Waals surface area contributed by atoms with E-state index >= 15 is 0 Å². The van der Waals surface area contributed by atoms with Crippen LogP contribution < -0.4 is 11.5 Å². The van der Waals surface area contributed by atoms with E-state index in [1.54, 1.807) is 0 Å². The minimum Gasteiger partial charge on any atom is -0.326 e. The first kappa shape index (κ1) is 14.5. The van der Waals surface area contributed by atoms with Crippen LogP contribution in [-0.4, -0.2) is 0 Å². The van der Waals surface area contributed by atoms with E-state index in [1.165, 1.54) is 11.1 Å². The van der Waals surface area contributed by atoms with E-state index in [2.05, 4.69) is 48.5 Å². The fraction of sp³-hybridized carbons (Fsp3) is 0.100. The molecular formula is C20H20N2. The zero-order valence-electron chi connectivity index (χ0n) is 12.4. The number of nitrogens with two attached hydrogens (primary N) is 2. The molecule has 3 aromatic rings. The molecule has 2 heteroatoms. The average Bonchev–Trinajstić information content (AvgIpc) is 2.62. The van der Waals surface area contributed by atoms with E-state index < -0.39 is 0 Å². The third-order valence-electron chi connectivity index (χ3n) is 3.92. The van der Waals surface area contributed by atoms with Gasteiger partial charge in [-0.05, 0) is 33.9 Å². The van der Waals surface area contributed by atoms with Crippen LogP contribution in [0, 0.1) is 0 Å². The molecule has 0 fully saturated rings. The zero-order chi connectivity index (χ0) is 15.4. The van der Waals surface area contributed by atoms with Gasteiger partial charge in [-0.3, -0.25) is 0 Å². The Morgan fingerprint density at radius 3 is 2.05 bits per heavy atom. The van der Waals surface area contributed by atoms with Gasteiger partial charge in [-0.2, -0.15) is 0 Å². The molecule has 0 aliphatic rings. The summed E-state index contributed by atoms with van der Waals surface area (Å²) in [5.41, 5.74) is 17.8. The Bertz CT molecular complexity index is 733. The van der Waals surface area contributed by atoms with Crippen LogP contribution in [0.25, 0.3) is 11.1 Å². The normalized spacial score (nSPS) is 12.1. The minimum absolute atomic E-state index is 0.0920. The third kappa shape index (κ3) is 3.08. The molecule has 1 atom stereocenters. The molecule has 0 saturated heterocycles. The molecule has 0 bridgehead atoms. The Balaban J connectivity index is 1.86. The fourth-order valence-electron chi connectivity index (χ4n) is 2.61. The highest BCUT2D eigenvalue weighted by atomic mass is 14.6. The molecule has 3 aromatic carbocycles. The Kier molecular flexibility index (Phi) is 4.33. The van der Waals surface area contributed by atoms with Crippen LogP contribution in [-0.2, 0) is 6.54 Å². The van der Waals surface area contributed by atoms with Gasteiger partial charge in [0.05, 0.1) is 6.04 Å². The Morgan fingerprint density at radius 1 is 0.682 bits per heavy atom. The lowest BCUT2D eigenvalue weighted by atomic mass is 9.96. The zero-order valence-corrected chi connectivity index (χ0v) is 12.4. The van der Waals surface area contributed by atoms with E-state index in [1.807, 2.05) is 30.3 Å². The summed E-state index contributed by atoms with van der Waals surface area (Å²) >= 11 is 0. The lowest BCUT2D eigenvalue weighted by molar-refractivity contribution is 0.872. The van der Waals surface area contributed by atoms with Gasteiger partial charge in [0.1, 0.15) is 0 Å². The highest BCUT2D eigenvalue weighted by Crippen LogP contribution is 2.24. The number of benzene rings is 3. The van der Waals surface area contributed by atoms with Crippen LogP contribution in [0.4, 0.5) is 0 Å². The molecule has 1 unspecified atom stereocenters. The predicted molar refractivity (Wildman–Crippen MR) is 92.2 cm³/mol. The van der Waals surface area contributed by atoms with Crippen LogP contribution in [0.2, 0.25) is 0 Å². The average molecular weight is 288 g/mol. The van der Waals surface area contributed by atoms with Crippen LogP contribution in [0.15, 0.2) is 78.9 Å². The number of rotatable bonds is 4. The van der Waals surface area contributed by atoms with Crippen molar-refractivity contribution in [2.45, 2.75) is 12.6 Å². The summed E-state index contributed by atoms with van der Waals surface area (Å²) in [4.78, 5) is 0. The van der Waals surface area contributed by atoms with E-state index in [4.69, 9.17) is 11.5 Å². The maximum atomic E-state index is 6.33. The Labute approximate surface area is 131 Å². The predicted octanol–water partition coefficient (Wildman–Crippen LogP) is 3.86. The summed E-state index contributed by atoms with van der Waals surface area (Å²) in [7, 11) is 0. The SMILES string of the molecule is NCc1cccc(-c2ccc(C(N)c3ccccc3)cc2)c1. The van der Waals surface area contributed by atoms with Gasteiger partial charge >= 0.3 is 0 Å². The van der Waals surface area contributed by atoms with Crippen molar-refractivity contribution in [1.29, 1.82) is 0 Å². The molecule has 0 radical (unpaired) electrons. The van der Waals surface area contributed by atoms with Gasteiger partial charge in [0.2, 0.25) is 0 Å². The highest BCUT2D eigenvalue weighted by Gasteiger charge is 2.08. The largest absolute Gasteiger partial charge is 0.326 e. The van der Waals surface area contributed by atoms with E-state index in [0.717, 1.165) is 16.7 Å². The van der Waals surface area contributed by atoms with Gasteiger partial charge in [0.25, 0.3) is 0 Å². The second-order valence-corrected chi connectivity index (χ2v) is 5.41.